The van der Waals surface area contributed by atoms with Crippen molar-refractivity contribution in [3.05, 3.63) is 78.9 Å². The normalized spacial score (nSPS) is 16.8. The fourth-order valence-electron chi connectivity index (χ4n) is 3.19. The molecule has 0 saturated heterocycles. The van der Waals surface area contributed by atoms with E-state index in [0.717, 1.165) is 16.3 Å². The molecule has 3 aromatic carbocycles. The minimum absolute atomic E-state index is 0.203. The fourth-order valence-corrected chi connectivity index (χ4v) is 4.70. The monoisotopic (exact) mass is 365 g/mol. The molecule has 1 aliphatic rings. The predicted octanol–water partition coefficient (Wildman–Crippen LogP) is 4.29. The summed E-state index contributed by atoms with van der Waals surface area (Å²) in [5.41, 5.74) is 1.54. The molecular formula is C21H19NO3S. The van der Waals surface area contributed by atoms with E-state index in [2.05, 4.69) is 6.58 Å². The van der Waals surface area contributed by atoms with Crippen LogP contribution in [0.5, 0.6) is 5.75 Å². The zero-order chi connectivity index (χ0) is 18.3. The molecule has 26 heavy (non-hydrogen) atoms. The SMILES string of the molecule is C=C[C@H]1CN(S(=O)(=O)c2ccc3ccccc3c2)c2cc(C)ccc2O1. The van der Waals surface area contributed by atoms with E-state index >= 15 is 0 Å². The summed E-state index contributed by atoms with van der Waals surface area (Å²) in [6.07, 6.45) is 1.24. The van der Waals surface area contributed by atoms with Gasteiger partial charge in [-0.1, -0.05) is 43.0 Å². The number of hydrogen-bond acceptors (Lipinski definition) is 3. The molecule has 0 unspecified atom stereocenters. The number of aryl methyl sites for hydroxylation is 1. The fraction of sp³-hybridized carbons (Fsp3) is 0.143. The van der Waals surface area contributed by atoms with Crippen LogP contribution in [0.3, 0.4) is 0 Å². The molecule has 5 heteroatoms. The van der Waals surface area contributed by atoms with Crippen LogP contribution in [0.1, 0.15) is 5.56 Å². The van der Waals surface area contributed by atoms with Gasteiger partial charge in [0.15, 0.2) is 0 Å². The van der Waals surface area contributed by atoms with Crippen molar-refractivity contribution in [2.45, 2.75) is 17.9 Å². The molecule has 1 heterocycles. The topological polar surface area (TPSA) is 46.6 Å². The Morgan fingerprint density at radius 3 is 2.62 bits per heavy atom. The lowest BCUT2D eigenvalue weighted by Gasteiger charge is -2.34. The number of sulfonamides is 1. The maximum Gasteiger partial charge on any atom is 0.264 e. The Hall–Kier alpha value is -2.79. The van der Waals surface area contributed by atoms with Gasteiger partial charge in [0, 0.05) is 0 Å². The standard InChI is InChI=1S/C21H19NO3S/c1-3-18-14-22(20-12-15(2)8-11-21(20)25-18)26(23,24)19-10-9-16-6-4-5-7-17(16)13-19/h3-13,18H,1,14H2,2H3/t18-/m0/s1. The average molecular weight is 365 g/mol. The van der Waals surface area contributed by atoms with E-state index in [-0.39, 0.29) is 17.5 Å². The lowest BCUT2D eigenvalue weighted by Crippen LogP contribution is -2.42. The van der Waals surface area contributed by atoms with Crippen molar-refractivity contribution in [1.82, 2.24) is 0 Å². The van der Waals surface area contributed by atoms with Gasteiger partial charge in [-0.15, -0.1) is 0 Å². The van der Waals surface area contributed by atoms with Crippen LogP contribution in [0.2, 0.25) is 0 Å². The molecule has 0 saturated carbocycles. The second kappa shape index (κ2) is 6.18. The van der Waals surface area contributed by atoms with Gasteiger partial charge in [0.1, 0.15) is 11.9 Å². The maximum atomic E-state index is 13.4. The molecule has 0 aliphatic carbocycles. The number of ether oxygens (including phenoxy) is 1. The van der Waals surface area contributed by atoms with Crippen LogP contribution < -0.4 is 9.04 Å². The molecule has 1 atom stereocenters. The Kier molecular flexibility index (Phi) is 3.96. The summed E-state index contributed by atoms with van der Waals surface area (Å²) in [6, 6.07) is 18.5. The van der Waals surface area contributed by atoms with Crippen molar-refractivity contribution in [2.75, 3.05) is 10.8 Å². The van der Waals surface area contributed by atoms with Crippen LogP contribution in [0.4, 0.5) is 5.69 Å². The van der Waals surface area contributed by atoms with Crippen molar-refractivity contribution < 1.29 is 13.2 Å². The molecule has 4 nitrogen and oxygen atoms in total. The van der Waals surface area contributed by atoms with Gasteiger partial charge in [0.2, 0.25) is 0 Å². The van der Waals surface area contributed by atoms with Gasteiger partial charge in [-0.05, 0) is 53.6 Å². The molecule has 0 amide bonds. The zero-order valence-electron chi connectivity index (χ0n) is 14.4. The second-order valence-corrected chi connectivity index (χ2v) is 8.27. The van der Waals surface area contributed by atoms with Gasteiger partial charge >= 0.3 is 0 Å². The molecule has 1 aliphatic heterocycles. The highest BCUT2D eigenvalue weighted by Gasteiger charge is 2.33. The van der Waals surface area contributed by atoms with Crippen LogP contribution in [0, 0.1) is 6.92 Å². The molecule has 0 bridgehead atoms. The van der Waals surface area contributed by atoms with Gasteiger partial charge in [-0.3, -0.25) is 4.31 Å². The minimum Gasteiger partial charge on any atom is -0.482 e. The Balaban J connectivity index is 1.86. The largest absolute Gasteiger partial charge is 0.482 e. The average Bonchev–Trinajstić information content (AvgIpc) is 2.66. The van der Waals surface area contributed by atoms with Gasteiger partial charge in [0.05, 0.1) is 17.1 Å². The summed E-state index contributed by atoms with van der Waals surface area (Å²) >= 11 is 0. The molecule has 0 fully saturated rings. The molecule has 3 aromatic rings. The molecule has 0 aromatic heterocycles. The first-order valence-corrected chi connectivity index (χ1v) is 9.84. The van der Waals surface area contributed by atoms with E-state index in [4.69, 9.17) is 4.74 Å². The van der Waals surface area contributed by atoms with Crippen LogP contribution >= 0.6 is 0 Å². The summed E-state index contributed by atoms with van der Waals surface area (Å²) in [7, 11) is -3.72. The highest BCUT2D eigenvalue weighted by molar-refractivity contribution is 7.92. The van der Waals surface area contributed by atoms with Crippen LogP contribution in [0.25, 0.3) is 10.8 Å². The van der Waals surface area contributed by atoms with Gasteiger partial charge in [0.25, 0.3) is 10.0 Å². The second-order valence-electron chi connectivity index (χ2n) is 6.41. The first kappa shape index (κ1) is 16.7. The quantitative estimate of drug-likeness (QED) is 0.651. The van der Waals surface area contributed by atoms with Gasteiger partial charge < -0.3 is 4.74 Å². The molecule has 0 radical (unpaired) electrons. The van der Waals surface area contributed by atoms with Crippen LogP contribution in [0.15, 0.2) is 78.2 Å². The smallest absolute Gasteiger partial charge is 0.264 e. The van der Waals surface area contributed by atoms with Crippen molar-refractivity contribution in [2.24, 2.45) is 0 Å². The third-order valence-electron chi connectivity index (χ3n) is 4.58. The molecular weight excluding hydrogens is 346 g/mol. The lowest BCUT2D eigenvalue weighted by molar-refractivity contribution is 0.246. The van der Waals surface area contributed by atoms with Crippen LogP contribution in [-0.4, -0.2) is 21.1 Å². The van der Waals surface area contributed by atoms with E-state index < -0.39 is 10.0 Å². The van der Waals surface area contributed by atoms with Crippen molar-refractivity contribution in [1.29, 1.82) is 0 Å². The lowest BCUT2D eigenvalue weighted by atomic mass is 10.1. The summed E-state index contributed by atoms with van der Waals surface area (Å²) in [5, 5.41) is 1.90. The summed E-state index contributed by atoms with van der Waals surface area (Å²) in [6.45, 7) is 5.89. The van der Waals surface area contributed by atoms with Crippen LogP contribution in [-0.2, 0) is 10.0 Å². The highest BCUT2D eigenvalue weighted by atomic mass is 32.2. The number of anilines is 1. The summed E-state index contributed by atoms with van der Waals surface area (Å²) < 4.78 is 34.1. The number of fused-ring (bicyclic) bond motifs is 2. The first-order valence-electron chi connectivity index (χ1n) is 8.40. The van der Waals surface area contributed by atoms with E-state index in [1.54, 1.807) is 18.2 Å². The predicted molar refractivity (Wildman–Crippen MR) is 104 cm³/mol. The number of nitrogens with zero attached hydrogens (tertiary/aromatic N) is 1. The van der Waals surface area contributed by atoms with E-state index in [9.17, 15) is 8.42 Å². The number of rotatable bonds is 3. The highest BCUT2D eigenvalue weighted by Crippen LogP contribution is 2.38. The van der Waals surface area contributed by atoms with Crippen molar-refractivity contribution in [3.8, 4) is 5.75 Å². The minimum atomic E-state index is -3.72. The van der Waals surface area contributed by atoms with Crippen molar-refractivity contribution in [3.63, 3.8) is 0 Å². The Labute approximate surface area is 153 Å². The summed E-state index contributed by atoms with van der Waals surface area (Å²) in [4.78, 5) is 0.272. The molecule has 0 spiro atoms. The third kappa shape index (κ3) is 2.74. The maximum absolute atomic E-state index is 13.4. The third-order valence-corrected chi connectivity index (χ3v) is 6.35. The Bertz CT molecular complexity index is 1110. The number of hydrogen-bond donors (Lipinski definition) is 0. The van der Waals surface area contributed by atoms with Gasteiger partial charge in [-0.2, -0.15) is 0 Å². The van der Waals surface area contributed by atoms with Crippen molar-refractivity contribution >= 4 is 26.5 Å². The van der Waals surface area contributed by atoms with E-state index in [0.29, 0.717) is 11.4 Å². The zero-order valence-corrected chi connectivity index (χ0v) is 15.2. The molecule has 4 rings (SSSR count). The first-order chi connectivity index (χ1) is 12.5. The molecule has 0 N–H and O–H groups in total. The van der Waals surface area contributed by atoms with Gasteiger partial charge in [-0.25, -0.2) is 8.42 Å². The number of benzene rings is 3. The Morgan fingerprint density at radius 2 is 1.85 bits per heavy atom. The molecule has 132 valence electrons. The van der Waals surface area contributed by atoms with E-state index in [1.165, 1.54) is 4.31 Å². The Morgan fingerprint density at radius 1 is 1.08 bits per heavy atom. The summed E-state index contributed by atoms with van der Waals surface area (Å²) in [5.74, 6) is 0.552. The van der Waals surface area contributed by atoms with E-state index in [1.807, 2.05) is 55.5 Å².